The number of Topliss-reactive ketones (excluding diaryl/α,β-unsaturated/α-hetero) is 2. The van der Waals surface area contributed by atoms with Crippen LogP contribution in [0.5, 0.6) is 0 Å². The van der Waals surface area contributed by atoms with Crippen molar-refractivity contribution in [3.05, 3.63) is 12.2 Å². The molecule has 13 atom stereocenters. The fourth-order valence-corrected chi connectivity index (χ4v) is 12.1. The Balaban J connectivity index is 2.10. The van der Waals surface area contributed by atoms with E-state index in [4.69, 9.17) is 16.2 Å². The minimum absolute atomic E-state index is 0.0133. The van der Waals surface area contributed by atoms with Crippen molar-refractivity contribution < 1.29 is 88.4 Å². The Kier molecular flexibility index (Phi) is 35.6. The number of carboxylic acid groups (broad SMARTS) is 1. The summed E-state index contributed by atoms with van der Waals surface area (Å²) < 4.78 is 6.10. The zero-order chi connectivity index (χ0) is 68.8. The van der Waals surface area contributed by atoms with Crippen LogP contribution in [0.15, 0.2) is 17.1 Å². The number of nitrogens with two attached hydrogens (primary N) is 2. The fourth-order valence-electron chi connectivity index (χ4n) is 10.8. The maximum Gasteiger partial charge on any atom is 0.303 e. The average molecular weight is 1310 g/mol. The number of amidine groups is 1. The number of likely N-dealkylation sites (N-methyl/N-ethyl adjacent to an activating group) is 1. The van der Waals surface area contributed by atoms with E-state index in [1.165, 1.54) is 48.6 Å². The monoisotopic (exact) mass is 1310 g/mol. The van der Waals surface area contributed by atoms with Crippen LogP contribution in [0.4, 0.5) is 0 Å². The average Bonchev–Trinajstić information content (AvgIpc) is 1.01. The molecule has 1 saturated carbocycles. The lowest BCUT2D eigenvalue weighted by Crippen LogP contribution is -2.83. The zero-order valence-corrected chi connectivity index (χ0v) is 55.3. The Morgan fingerprint density at radius 1 is 0.681 bits per heavy atom. The highest BCUT2D eigenvalue weighted by Crippen LogP contribution is 2.57. The van der Waals surface area contributed by atoms with Crippen molar-refractivity contribution in [1.29, 1.82) is 0 Å². The van der Waals surface area contributed by atoms with E-state index in [0.717, 1.165) is 50.3 Å². The van der Waals surface area contributed by atoms with Crippen molar-refractivity contribution in [3.63, 3.8) is 0 Å². The molecular weight excluding hydrogens is 1210 g/mol. The summed E-state index contributed by atoms with van der Waals surface area (Å²) in [6.45, 7) is 9.39. The van der Waals surface area contributed by atoms with Gasteiger partial charge in [0.05, 0.1) is 43.2 Å². The second-order valence-electron chi connectivity index (χ2n) is 24.5. The molecule has 0 aromatic heterocycles. The lowest BCUT2D eigenvalue weighted by Gasteiger charge is -2.65. The SMILES string of the molecule is CCCCCC(O)C=CC1C(O)CC(=O)C1CCCCCCC(=O)NCCNC(=O)CCC(NC(=O)C(CCC(=O)NCCN=C(N)CSC1(C)OC(C)(CO)C(C)(O)C(C)(O)C1(C)O)NC(=O)C(CCC(=O)NCCN)NC(=O)C(CCC(=O)O)NC)C(C)=O. The predicted octanol–water partition coefficient (Wildman–Crippen LogP) is -1.51. The molecule has 91 heavy (non-hydrogen) atoms. The van der Waals surface area contributed by atoms with Crippen LogP contribution < -0.4 is 54.0 Å². The summed E-state index contributed by atoms with van der Waals surface area (Å²) in [6.07, 6.45) is 6.98. The summed E-state index contributed by atoms with van der Waals surface area (Å²) in [5.41, 5.74) is 3.58. The molecular formula is C61H107N11O18S. The molecule has 2 fully saturated rings. The van der Waals surface area contributed by atoms with Crippen molar-refractivity contribution in [2.75, 3.05) is 58.7 Å². The van der Waals surface area contributed by atoms with Crippen LogP contribution in [0.1, 0.15) is 170 Å². The van der Waals surface area contributed by atoms with Crippen molar-refractivity contribution in [2.45, 2.75) is 234 Å². The molecule has 30 heteroatoms. The van der Waals surface area contributed by atoms with Crippen molar-refractivity contribution in [2.24, 2.45) is 28.3 Å². The number of aliphatic carboxylic acids is 1. The van der Waals surface area contributed by atoms with Gasteiger partial charge in [-0.25, -0.2) is 0 Å². The maximum absolute atomic E-state index is 14.1. The van der Waals surface area contributed by atoms with E-state index in [-0.39, 0.29) is 119 Å². The van der Waals surface area contributed by atoms with Crippen LogP contribution in [0.25, 0.3) is 0 Å². The first-order valence-corrected chi connectivity index (χ1v) is 32.7. The molecule has 7 amide bonds. The van der Waals surface area contributed by atoms with E-state index in [2.05, 4.69) is 54.5 Å². The number of carboxylic acids is 1. The van der Waals surface area contributed by atoms with Crippen LogP contribution >= 0.6 is 11.8 Å². The van der Waals surface area contributed by atoms with Gasteiger partial charge < -0.3 is 94.5 Å². The molecule has 0 aromatic rings. The third-order valence-electron chi connectivity index (χ3n) is 17.4. The molecule has 0 radical (unpaired) electrons. The second-order valence-corrected chi connectivity index (χ2v) is 25.9. The Morgan fingerprint density at radius 2 is 1.19 bits per heavy atom. The van der Waals surface area contributed by atoms with Gasteiger partial charge in [0, 0.05) is 83.1 Å². The number of unbranched alkanes of at least 4 members (excludes halogenated alkanes) is 5. The largest absolute Gasteiger partial charge is 0.481 e. The Morgan fingerprint density at radius 3 is 1.71 bits per heavy atom. The molecule has 29 nitrogen and oxygen atoms in total. The van der Waals surface area contributed by atoms with E-state index in [9.17, 15) is 83.7 Å². The van der Waals surface area contributed by atoms with E-state index in [1.807, 2.05) is 0 Å². The molecule has 1 aliphatic carbocycles. The van der Waals surface area contributed by atoms with Crippen molar-refractivity contribution in [1.82, 2.24) is 42.5 Å². The molecule has 13 unspecified atom stereocenters. The molecule has 0 aromatic carbocycles. The molecule has 1 saturated heterocycles. The van der Waals surface area contributed by atoms with E-state index < -0.39 is 137 Å². The quantitative estimate of drug-likeness (QED) is 0.0143. The first-order valence-electron chi connectivity index (χ1n) is 31.7. The van der Waals surface area contributed by atoms with Gasteiger partial charge in [-0.2, -0.15) is 0 Å². The van der Waals surface area contributed by atoms with Gasteiger partial charge in [-0.1, -0.05) is 57.6 Å². The lowest BCUT2D eigenvalue weighted by molar-refractivity contribution is -0.380. The summed E-state index contributed by atoms with van der Waals surface area (Å²) in [7, 11) is 1.40. The Hall–Kier alpha value is -5.70. The number of ketones is 2. The summed E-state index contributed by atoms with van der Waals surface area (Å²) in [6, 6.07) is -5.43. The summed E-state index contributed by atoms with van der Waals surface area (Å²) >= 11 is 0.949. The fraction of sp³-hybridized carbons (Fsp3) is 0.787. The molecule has 0 spiro atoms. The van der Waals surface area contributed by atoms with Gasteiger partial charge in [-0.3, -0.25) is 52.9 Å². The normalized spacial score (nSPS) is 25.8. The third kappa shape index (κ3) is 26.0. The number of hydrogen-bond acceptors (Lipinski definition) is 21. The number of aliphatic imine (C=N–C) groups is 1. The first-order chi connectivity index (χ1) is 42.7. The molecule has 19 N–H and O–H groups in total. The highest BCUT2D eigenvalue weighted by molar-refractivity contribution is 8.01. The van der Waals surface area contributed by atoms with Crippen LogP contribution in [0, 0.1) is 11.8 Å². The molecule has 2 rings (SSSR count). The van der Waals surface area contributed by atoms with Gasteiger partial charge in [-0.05, 0) is 93.5 Å². The smallest absolute Gasteiger partial charge is 0.303 e. The Labute approximate surface area is 538 Å². The van der Waals surface area contributed by atoms with Crippen LogP contribution in [0.3, 0.4) is 0 Å². The number of thioether (sulfide) groups is 1. The number of nitrogens with one attached hydrogen (secondary N) is 8. The van der Waals surface area contributed by atoms with Gasteiger partial charge in [0.2, 0.25) is 41.4 Å². The lowest BCUT2D eigenvalue weighted by atomic mass is 9.62. The number of ether oxygens (including phenoxy) is 1. The number of amides is 7. The number of nitrogens with zero attached hydrogens (tertiary/aromatic N) is 1. The number of rotatable bonds is 45. The minimum atomic E-state index is -2.20. The predicted molar refractivity (Wildman–Crippen MR) is 340 cm³/mol. The number of aliphatic hydroxyl groups is 6. The molecule has 520 valence electrons. The molecule has 0 bridgehead atoms. The van der Waals surface area contributed by atoms with Gasteiger partial charge >= 0.3 is 5.97 Å². The topological polar surface area (TPSA) is 482 Å². The summed E-state index contributed by atoms with van der Waals surface area (Å²) in [5, 5.41) is 95.4. The zero-order valence-electron chi connectivity index (χ0n) is 54.5. The number of carbonyl (C=O) groups excluding carboxylic acids is 9. The van der Waals surface area contributed by atoms with Crippen molar-refractivity contribution >= 4 is 76.5 Å². The number of carbonyl (C=O) groups is 10. The van der Waals surface area contributed by atoms with Crippen LogP contribution in [0.2, 0.25) is 0 Å². The summed E-state index contributed by atoms with van der Waals surface area (Å²) in [5.74, 6) is -7.03. The Bertz CT molecular complexity index is 2470. The highest BCUT2D eigenvalue weighted by Gasteiger charge is 2.74. The first kappa shape index (κ1) is 81.4. The maximum atomic E-state index is 14.1. The summed E-state index contributed by atoms with van der Waals surface area (Å²) in [4.78, 5) is 133. The van der Waals surface area contributed by atoms with Gasteiger partial charge in [0.15, 0.2) is 5.78 Å². The number of hydrogen-bond donors (Lipinski definition) is 17. The molecule has 1 aliphatic heterocycles. The van der Waals surface area contributed by atoms with E-state index in [0.29, 0.717) is 19.3 Å². The second kappa shape index (κ2) is 39.8. The van der Waals surface area contributed by atoms with E-state index >= 15 is 0 Å². The van der Waals surface area contributed by atoms with Gasteiger partial charge in [0.25, 0.3) is 0 Å². The molecule has 1 heterocycles. The van der Waals surface area contributed by atoms with E-state index in [1.54, 1.807) is 12.2 Å². The number of aliphatic hydroxyl groups excluding tert-OH is 3. The minimum Gasteiger partial charge on any atom is -0.481 e. The third-order valence-corrected chi connectivity index (χ3v) is 18.9. The standard InChI is InChI=1S/C61H107N11O18S/c1-9-10-13-16-39(75)19-20-41-40(46(76)35-47(41)77)17-14-11-12-15-18-49(78)67-33-34-69-51(80)25-21-42(38(2)74)70-55(85)44(72-56(86)45(22-26-50(79)66-30-29-62)71-54(84)43(64-8)24-28-53(82)83)23-27-52(81)68-32-31-65-48(63)36-91-61(7)60(6,89)59(5,88)58(4,87)57(3,37-73)90-61/h19-20,39-45,47,64,73,75,77,87-89H,9-18,21-37,62H2,1-8H3,(H2,63,65)(H,66,79)(H,67,78)(H,68,81)(H,69,80)(H,70,85)(H,71,84)(H,72,86)(H,82,83). The van der Waals surface area contributed by atoms with Crippen LogP contribution in [-0.2, 0) is 52.7 Å². The van der Waals surface area contributed by atoms with Crippen molar-refractivity contribution in [3.8, 4) is 0 Å². The van der Waals surface area contributed by atoms with Gasteiger partial charge in [-0.15, -0.1) is 11.8 Å². The molecule has 2 aliphatic rings. The van der Waals surface area contributed by atoms with Gasteiger partial charge in [0.1, 0.15) is 51.0 Å². The van der Waals surface area contributed by atoms with Crippen LogP contribution in [-0.4, -0.2) is 223 Å². The highest BCUT2D eigenvalue weighted by atomic mass is 32.2.